The summed E-state index contributed by atoms with van der Waals surface area (Å²) in [6.07, 6.45) is 0.614. The van der Waals surface area contributed by atoms with Crippen LogP contribution >= 0.6 is 0 Å². The van der Waals surface area contributed by atoms with E-state index in [1.807, 2.05) is 0 Å². The number of nitrogens with zero attached hydrogens (tertiary/aromatic N) is 4. The zero-order chi connectivity index (χ0) is 15.7. The number of hydrogen-bond donors (Lipinski definition) is 0. The van der Waals surface area contributed by atoms with Crippen LogP contribution in [-0.2, 0) is 11.8 Å². The number of hydrogen-bond acceptors (Lipinski definition) is 6. The maximum absolute atomic E-state index is 5.29. The van der Waals surface area contributed by atoms with Crippen molar-refractivity contribution in [3.63, 3.8) is 0 Å². The lowest BCUT2D eigenvalue weighted by molar-refractivity contribution is 0.313. The van der Waals surface area contributed by atoms with E-state index in [0.29, 0.717) is 29.3 Å². The molecule has 6 nitrogen and oxygen atoms in total. The number of ether oxygens (including phenoxy) is 1. The van der Waals surface area contributed by atoms with Crippen LogP contribution in [0.15, 0.2) is 28.9 Å². The van der Waals surface area contributed by atoms with Gasteiger partial charge in [-0.2, -0.15) is 4.98 Å². The maximum Gasteiger partial charge on any atom is 0.246 e. The summed E-state index contributed by atoms with van der Waals surface area (Å²) < 4.78 is 9.93. The molecule has 0 spiro atoms. The molecular weight excluding hydrogens is 280 g/mol. The Morgan fingerprint density at radius 1 is 1.00 bits per heavy atom. The fourth-order valence-electron chi connectivity index (χ4n) is 2.25. The van der Waals surface area contributed by atoms with Gasteiger partial charge in [0.25, 0.3) is 0 Å². The quantitative estimate of drug-likeness (QED) is 0.740. The van der Waals surface area contributed by atoms with Crippen LogP contribution in [0.25, 0.3) is 11.3 Å². The van der Waals surface area contributed by atoms with Crippen LogP contribution in [0.2, 0.25) is 0 Å². The molecule has 3 rings (SSSR count). The van der Waals surface area contributed by atoms with Crippen molar-refractivity contribution >= 4 is 11.3 Å². The SMILES string of the molecule is COc1nc2nonc2nc1Cc1ccc(C(C)(C)C)cc1. The molecular formula is C16H18N4O2. The van der Waals surface area contributed by atoms with Gasteiger partial charge in [0.2, 0.25) is 17.2 Å². The summed E-state index contributed by atoms with van der Waals surface area (Å²) in [5.41, 5.74) is 4.03. The fourth-order valence-corrected chi connectivity index (χ4v) is 2.25. The van der Waals surface area contributed by atoms with Crippen molar-refractivity contribution in [1.82, 2.24) is 20.3 Å². The van der Waals surface area contributed by atoms with Crippen LogP contribution in [0, 0.1) is 0 Å². The minimum atomic E-state index is 0.140. The molecule has 0 radical (unpaired) electrons. The first-order valence-corrected chi connectivity index (χ1v) is 7.10. The van der Waals surface area contributed by atoms with E-state index < -0.39 is 0 Å². The topological polar surface area (TPSA) is 73.9 Å². The molecule has 114 valence electrons. The lowest BCUT2D eigenvalue weighted by atomic mass is 9.86. The highest BCUT2D eigenvalue weighted by Crippen LogP contribution is 2.24. The summed E-state index contributed by atoms with van der Waals surface area (Å²) in [6, 6.07) is 8.50. The maximum atomic E-state index is 5.29. The number of benzene rings is 1. The second kappa shape index (κ2) is 5.36. The summed E-state index contributed by atoms with van der Waals surface area (Å²) in [5.74, 6) is 0.447. The molecule has 6 heteroatoms. The monoisotopic (exact) mass is 298 g/mol. The number of rotatable bonds is 3. The molecule has 0 bridgehead atoms. The third-order valence-corrected chi connectivity index (χ3v) is 3.53. The van der Waals surface area contributed by atoms with Crippen molar-refractivity contribution in [1.29, 1.82) is 0 Å². The molecule has 22 heavy (non-hydrogen) atoms. The molecule has 0 N–H and O–H groups in total. The number of methoxy groups -OCH3 is 1. The average molecular weight is 298 g/mol. The molecule has 0 aliphatic carbocycles. The Morgan fingerprint density at radius 2 is 1.64 bits per heavy atom. The van der Waals surface area contributed by atoms with Gasteiger partial charge in [-0.1, -0.05) is 45.0 Å². The Kier molecular flexibility index (Phi) is 3.52. The standard InChI is InChI=1S/C16H18N4O2/c1-16(2,3)11-7-5-10(6-8-11)9-12-15(21-4)18-14-13(17-12)19-22-20-14/h5-8H,9H2,1-4H3. The van der Waals surface area contributed by atoms with Gasteiger partial charge < -0.3 is 4.74 Å². The van der Waals surface area contributed by atoms with E-state index in [9.17, 15) is 0 Å². The molecule has 0 aliphatic rings. The van der Waals surface area contributed by atoms with Crippen LogP contribution < -0.4 is 4.74 Å². The summed E-state index contributed by atoms with van der Waals surface area (Å²) in [5, 5.41) is 7.40. The first kappa shape index (κ1) is 14.4. The van der Waals surface area contributed by atoms with Gasteiger partial charge in [-0.15, -0.1) is 0 Å². The van der Waals surface area contributed by atoms with E-state index in [1.165, 1.54) is 5.56 Å². The van der Waals surface area contributed by atoms with Crippen LogP contribution in [0.1, 0.15) is 37.6 Å². The fraction of sp³-hybridized carbons (Fsp3) is 0.375. The van der Waals surface area contributed by atoms with Gasteiger partial charge in [-0.25, -0.2) is 9.61 Å². The Balaban J connectivity index is 1.92. The lowest BCUT2D eigenvalue weighted by Gasteiger charge is -2.19. The van der Waals surface area contributed by atoms with Gasteiger partial charge in [0.05, 0.1) is 7.11 Å². The van der Waals surface area contributed by atoms with Gasteiger partial charge in [-0.05, 0) is 26.9 Å². The molecule has 0 fully saturated rings. The van der Waals surface area contributed by atoms with Gasteiger partial charge >= 0.3 is 0 Å². The summed E-state index contributed by atoms with van der Waals surface area (Å²) in [6.45, 7) is 6.59. The Hall–Kier alpha value is -2.50. The first-order chi connectivity index (χ1) is 10.5. The van der Waals surface area contributed by atoms with Crippen LogP contribution in [0.4, 0.5) is 0 Å². The van der Waals surface area contributed by atoms with E-state index in [0.717, 1.165) is 5.56 Å². The molecule has 1 aromatic carbocycles. The molecule has 0 aliphatic heterocycles. The zero-order valence-electron chi connectivity index (χ0n) is 13.1. The van der Waals surface area contributed by atoms with Crippen LogP contribution in [0.3, 0.4) is 0 Å². The molecule has 0 amide bonds. The van der Waals surface area contributed by atoms with E-state index in [1.54, 1.807) is 7.11 Å². The summed E-state index contributed by atoms with van der Waals surface area (Å²) in [7, 11) is 1.57. The van der Waals surface area contributed by atoms with E-state index in [4.69, 9.17) is 4.74 Å². The van der Waals surface area contributed by atoms with Gasteiger partial charge in [0.15, 0.2) is 0 Å². The van der Waals surface area contributed by atoms with Gasteiger partial charge in [0.1, 0.15) is 5.69 Å². The number of aromatic nitrogens is 4. The van der Waals surface area contributed by atoms with Crippen LogP contribution in [-0.4, -0.2) is 27.4 Å². The molecule has 2 aromatic heterocycles. The van der Waals surface area contributed by atoms with E-state index in [2.05, 4.69) is 69.9 Å². The lowest BCUT2D eigenvalue weighted by Crippen LogP contribution is -2.10. The molecule has 3 aromatic rings. The third-order valence-electron chi connectivity index (χ3n) is 3.53. The van der Waals surface area contributed by atoms with Crippen molar-refractivity contribution in [2.45, 2.75) is 32.6 Å². The largest absolute Gasteiger partial charge is 0.480 e. The summed E-state index contributed by atoms with van der Waals surface area (Å²) in [4.78, 5) is 8.67. The van der Waals surface area contributed by atoms with Gasteiger partial charge in [0, 0.05) is 6.42 Å². The van der Waals surface area contributed by atoms with Crippen molar-refractivity contribution in [2.75, 3.05) is 7.11 Å². The molecule has 2 heterocycles. The second-order valence-electron chi connectivity index (χ2n) is 6.21. The normalized spacial score (nSPS) is 11.8. The Labute approximate surface area is 128 Å². The molecule has 0 saturated carbocycles. The van der Waals surface area contributed by atoms with E-state index >= 15 is 0 Å². The van der Waals surface area contributed by atoms with Crippen molar-refractivity contribution in [2.24, 2.45) is 0 Å². The molecule has 0 unspecified atom stereocenters. The van der Waals surface area contributed by atoms with Crippen molar-refractivity contribution in [3.8, 4) is 5.88 Å². The van der Waals surface area contributed by atoms with Crippen molar-refractivity contribution in [3.05, 3.63) is 41.1 Å². The van der Waals surface area contributed by atoms with Crippen molar-refractivity contribution < 1.29 is 9.37 Å². The predicted molar refractivity (Wildman–Crippen MR) is 81.9 cm³/mol. The molecule has 0 saturated heterocycles. The van der Waals surface area contributed by atoms with Gasteiger partial charge in [-0.3, -0.25) is 0 Å². The predicted octanol–water partition coefficient (Wildman–Crippen LogP) is 2.91. The van der Waals surface area contributed by atoms with Crippen LogP contribution in [0.5, 0.6) is 5.88 Å². The highest BCUT2D eigenvalue weighted by atomic mass is 16.6. The van der Waals surface area contributed by atoms with E-state index in [-0.39, 0.29) is 5.41 Å². The number of fused-ring (bicyclic) bond motifs is 1. The zero-order valence-corrected chi connectivity index (χ0v) is 13.1. The Morgan fingerprint density at radius 3 is 2.23 bits per heavy atom. The highest BCUT2D eigenvalue weighted by Gasteiger charge is 2.15. The smallest absolute Gasteiger partial charge is 0.246 e. The minimum absolute atomic E-state index is 0.140. The Bertz CT molecular complexity index is 788. The second-order valence-corrected chi connectivity index (χ2v) is 6.21. The summed E-state index contributed by atoms with van der Waals surface area (Å²) >= 11 is 0. The average Bonchev–Trinajstić information content (AvgIpc) is 2.93. The minimum Gasteiger partial charge on any atom is -0.480 e. The molecule has 0 atom stereocenters. The third kappa shape index (κ3) is 2.77. The highest BCUT2D eigenvalue weighted by molar-refractivity contribution is 5.64. The first-order valence-electron chi connectivity index (χ1n) is 7.10.